The van der Waals surface area contributed by atoms with E-state index in [9.17, 15) is 19.1 Å². The summed E-state index contributed by atoms with van der Waals surface area (Å²) in [6.45, 7) is 5.50. The summed E-state index contributed by atoms with van der Waals surface area (Å²) < 4.78 is 14.1. The standard InChI is InChI=1S/C16H23FN2O4/c1-16(2,3)19(15(21)22)9-8-11-6-7-12(10-13(11)17)14(20)18(4)23-5/h6-7,10H,8-9H2,1-5H3,(H,21,22). The molecule has 0 saturated carbocycles. The maximum absolute atomic E-state index is 14.1. The summed E-state index contributed by atoms with van der Waals surface area (Å²) in [5.74, 6) is -1.00. The van der Waals surface area contributed by atoms with E-state index in [1.807, 2.05) is 0 Å². The highest BCUT2D eigenvalue weighted by Crippen LogP contribution is 2.17. The van der Waals surface area contributed by atoms with Gasteiger partial charge in [-0.1, -0.05) is 6.07 Å². The first-order valence-corrected chi connectivity index (χ1v) is 7.19. The average Bonchev–Trinajstić information content (AvgIpc) is 2.45. The van der Waals surface area contributed by atoms with Crippen molar-refractivity contribution >= 4 is 12.0 Å². The quantitative estimate of drug-likeness (QED) is 0.845. The molecule has 1 aromatic rings. The molecule has 0 bridgehead atoms. The van der Waals surface area contributed by atoms with Gasteiger partial charge >= 0.3 is 6.09 Å². The molecule has 0 aliphatic rings. The lowest BCUT2D eigenvalue weighted by molar-refractivity contribution is -0.0757. The van der Waals surface area contributed by atoms with Crippen molar-refractivity contribution in [2.75, 3.05) is 20.7 Å². The zero-order chi connectivity index (χ0) is 17.8. The molecule has 7 heteroatoms. The van der Waals surface area contributed by atoms with E-state index in [1.165, 1.54) is 31.2 Å². The fraction of sp³-hybridized carbons (Fsp3) is 0.500. The molecule has 1 N–H and O–H groups in total. The third-order valence-electron chi connectivity index (χ3n) is 3.51. The van der Waals surface area contributed by atoms with Gasteiger partial charge in [0.25, 0.3) is 5.91 Å². The van der Waals surface area contributed by atoms with Crippen LogP contribution in [-0.2, 0) is 11.3 Å². The van der Waals surface area contributed by atoms with Crippen molar-refractivity contribution in [1.29, 1.82) is 0 Å². The van der Waals surface area contributed by atoms with Crippen molar-refractivity contribution in [2.45, 2.75) is 32.7 Å². The minimum Gasteiger partial charge on any atom is -0.465 e. The maximum atomic E-state index is 14.1. The first kappa shape index (κ1) is 18.9. The fourth-order valence-corrected chi connectivity index (χ4v) is 2.10. The van der Waals surface area contributed by atoms with Crippen LogP contribution in [0, 0.1) is 5.82 Å². The third kappa shape index (κ3) is 4.92. The molecule has 128 valence electrons. The Labute approximate surface area is 135 Å². The lowest BCUT2D eigenvalue weighted by atomic mass is 10.0. The number of hydrogen-bond acceptors (Lipinski definition) is 3. The highest BCUT2D eigenvalue weighted by atomic mass is 19.1. The summed E-state index contributed by atoms with van der Waals surface area (Å²) in [5.41, 5.74) is -0.0435. The van der Waals surface area contributed by atoms with Gasteiger partial charge in [-0.3, -0.25) is 9.63 Å². The first-order valence-electron chi connectivity index (χ1n) is 7.19. The summed E-state index contributed by atoms with van der Waals surface area (Å²) >= 11 is 0. The largest absolute Gasteiger partial charge is 0.465 e. The molecule has 0 radical (unpaired) electrons. The monoisotopic (exact) mass is 326 g/mol. The van der Waals surface area contributed by atoms with Crippen LogP contribution >= 0.6 is 0 Å². The van der Waals surface area contributed by atoms with Crippen molar-refractivity contribution in [3.63, 3.8) is 0 Å². The summed E-state index contributed by atoms with van der Waals surface area (Å²) in [5, 5.41) is 10.2. The van der Waals surface area contributed by atoms with Gasteiger partial charge < -0.3 is 10.0 Å². The van der Waals surface area contributed by atoms with Gasteiger partial charge in [0.2, 0.25) is 0 Å². The van der Waals surface area contributed by atoms with Crippen LogP contribution in [0.3, 0.4) is 0 Å². The number of carboxylic acid groups (broad SMARTS) is 1. The minimum absolute atomic E-state index is 0.168. The molecule has 0 spiro atoms. The van der Waals surface area contributed by atoms with Crippen LogP contribution < -0.4 is 0 Å². The van der Waals surface area contributed by atoms with Gasteiger partial charge in [0.05, 0.1) is 7.11 Å². The van der Waals surface area contributed by atoms with Crippen molar-refractivity contribution in [2.24, 2.45) is 0 Å². The molecule has 0 fully saturated rings. The molecular weight excluding hydrogens is 303 g/mol. The number of hydroxylamine groups is 2. The van der Waals surface area contributed by atoms with Gasteiger partial charge in [0, 0.05) is 24.7 Å². The Hall–Kier alpha value is -2.15. The first-order chi connectivity index (χ1) is 10.6. The Morgan fingerprint density at radius 2 is 1.91 bits per heavy atom. The van der Waals surface area contributed by atoms with Crippen LogP contribution in [0.25, 0.3) is 0 Å². The van der Waals surface area contributed by atoms with Gasteiger partial charge in [-0.2, -0.15) is 0 Å². The predicted molar refractivity (Wildman–Crippen MR) is 83.7 cm³/mol. The molecule has 1 aromatic carbocycles. The third-order valence-corrected chi connectivity index (χ3v) is 3.51. The second-order valence-corrected chi connectivity index (χ2v) is 6.15. The Morgan fingerprint density at radius 1 is 1.30 bits per heavy atom. The van der Waals surface area contributed by atoms with Gasteiger partial charge in [-0.15, -0.1) is 0 Å². The molecular formula is C16H23FN2O4. The lowest BCUT2D eigenvalue weighted by Gasteiger charge is -2.33. The van der Waals surface area contributed by atoms with E-state index >= 15 is 0 Å². The van der Waals surface area contributed by atoms with Gasteiger partial charge in [-0.25, -0.2) is 14.2 Å². The average molecular weight is 326 g/mol. The van der Waals surface area contributed by atoms with Crippen LogP contribution in [0.1, 0.15) is 36.7 Å². The van der Waals surface area contributed by atoms with Gasteiger partial charge in [0.15, 0.2) is 0 Å². The van der Waals surface area contributed by atoms with E-state index in [-0.39, 0.29) is 18.5 Å². The number of amides is 2. The number of benzene rings is 1. The number of carbonyl (C=O) groups is 2. The Kier molecular flexibility index (Phi) is 6.09. The van der Waals surface area contributed by atoms with Crippen molar-refractivity contribution in [1.82, 2.24) is 9.96 Å². The second kappa shape index (κ2) is 7.41. The fourth-order valence-electron chi connectivity index (χ4n) is 2.10. The normalized spacial score (nSPS) is 11.2. The SMILES string of the molecule is CON(C)C(=O)c1ccc(CCN(C(=O)O)C(C)(C)C)c(F)c1. The van der Waals surface area contributed by atoms with Crippen molar-refractivity contribution < 1.29 is 23.9 Å². The van der Waals surface area contributed by atoms with Gasteiger partial charge in [0.1, 0.15) is 5.82 Å². The van der Waals surface area contributed by atoms with E-state index in [2.05, 4.69) is 0 Å². The molecule has 2 amide bonds. The Bertz CT molecular complexity index is 584. The minimum atomic E-state index is -1.05. The molecule has 0 aliphatic carbocycles. The van der Waals surface area contributed by atoms with Crippen LogP contribution in [0.5, 0.6) is 0 Å². The predicted octanol–water partition coefficient (Wildman–Crippen LogP) is 2.78. The number of hydrogen-bond donors (Lipinski definition) is 1. The molecule has 0 atom stereocenters. The highest BCUT2D eigenvalue weighted by Gasteiger charge is 2.26. The summed E-state index contributed by atoms with van der Waals surface area (Å²) in [7, 11) is 2.78. The molecule has 0 heterocycles. The maximum Gasteiger partial charge on any atom is 0.407 e. The van der Waals surface area contributed by atoms with E-state index in [0.717, 1.165) is 11.1 Å². The van der Waals surface area contributed by atoms with Crippen LogP contribution in [0.4, 0.5) is 9.18 Å². The molecule has 6 nitrogen and oxygen atoms in total. The zero-order valence-corrected chi connectivity index (χ0v) is 14.1. The van der Waals surface area contributed by atoms with E-state index in [4.69, 9.17) is 4.84 Å². The van der Waals surface area contributed by atoms with Crippen LogP contribution in [-0.4, -0.2) is 53.3 Å². The van der Waals surface area contributed by atoms with Crippen LogP contribution in [0.2, 0.25) is 0 Å². The summed E-state index contributed by atoms with van der Waals surface area (Å²) in [4.78, 5) is 29.2. The molecule has 0 unspecified atom stereocenters. The molecule has 23 heavy (non-hydrogen) atoms. The number of halogens is 1. The Balaban J connectivity index is 2.87. The second-order valence-electron chi connectivity index (χ2n) is 6.15. The topological polar surface area (TPSA) is 70.1 Å². The number of nitrogens with zero attached hydrogens (tertiary/aromatic N) is 2. The molecule has 0 saturated heterocycles. The van der Waals surface area contributed by atoms with Crippen molar-refractivity contribution in [3.05, 3.63) is 35.1 Å². The van der Waals surface area contributed by atoms with E-state index < -0.39 is 23.4 Å². The van der Waals surface area contributed by atoms with E-state index in [0.29, 0.717) is 5.56 Å². The van der Waals surface area contributed by atoms with Crippen molar-refractivity contribution in [3.8, 4) is 0 Å². The Morgan fingerprint density at radius 3 is 2.35 bits per heavy atom. The molecule has 0 aliphatic heterocycles. The zero-order valence-electron chi connectivity index (χ0n) is 14.1. The summed E-state index contributed by atoms with van der Waals surface area (Å²) in [6, 6.07) is 4.13. The van der Waals surface area contributed by atoms with Crippen LogP contribution in [0.15, 0.2) is 18.2 Å². The lowest BCUT2D eigenvalue weighted by Crippen LogP contribution is -2.46. The number of carbonyl (C=O) groups excluding carboxylic acids is 1. The number of rotatable bonds is 5. The smallest absolute Gasteiger partial charge is 0.407 e. The highest BCUT2D eigenvalue weighted by molar-refractivity contribution is 5.93. The summed E-state index contributed by atoms with van der Waals surface area (Å²) in [6.07, 6.45) is -0.823. The van der Waals surface area contributed by atoms with E-state index in [1.54, 1.807) is 20.8 Å². The van der Waals surface area contributed by atoms with Gasteiger partial charge in [-0.05, 0) is 44.9 Å². The molecule has 0 aromatic heterocycles. The molecule has 1 rings (SSSR count).